The van der Waals surface area contributed by atoms with E-state index in [2.05, 4.69) is 60.6 Å². The molecule has 2 N–H and O–H groups in total. The van der Waals surface area contributed by atoms with Gasteiger partial charge in [0.2, 0.25) is 0 Å². The Hall–Kier alpha value is -1.77. The summed E-state index contributed by atoms with van der Waals surface area (Å²) in [5, 5.41) is 10.4. The molecule has 0 amide bonds. The third-order valence-corrected chi connectivity index (χ3v) is 2.93. The number of anilines is 1. The number of benzene rings is 1. The maximum Gasteiger partial charge on any atom is 0.0651 e. The number of H-pyrrole nitrogens is 1. The number of hydrogen-bond donors (Lipinski definition) is 2. The third kappa shape index (κ3) is 2.87. The Morgan fingerprint density at radius 2 is 2.00 bits per heavy atom. The van der Waals surface area contributed by atoms with E-state index in [9.17, 15) is 0 Å². The van der Waals surface area contributed by atoms with Crippen molar-refractivity contribution in [2.75, 3.05) is 5.32 Å². The summed E-state index contributed by atoms with van der Waals surface area (Å²) in [6.07, 6.45) is 1.78. The zero-order chi connectivity index (χ0) is 12.3. The van der Waals surface area contributed by atoms with Gasteiger partial charge in [-0.05, 0) is 36.6 Å². The molecule has 2 rings (SSSR count). The normalized spacial score (nSPS) is 12.7. The van der Waals surface area contributed by atoms with E-state index in [1.54, 1.807) is 6.20 Å². The number of nitrogens with zero attached hydrogens (tertiary/aromatic N) is 1. The van der Waals surface area contributed by atoms with Crippen LogP contribution in [0.4, 0.5) is 5.69 Å². The molecular weight excluding hydrogens is 210 g/mol. The second-order valence-corrected chi connectivity index (χ2v) is 4.66. The van der Waals surface area contributed by atoms with Gasteiger partial charge in [-0.15, -0.1) is 0 Å². The molecule has 0 saturated heterocycles. The molecule has 1 aromatic carbocycles. The maximum absolute atomic E-state index is 3.97. The van der Waals surface area contributed by atoms with Crippen LogP contribution in [0.2, 0.25) is 0 Å². The first-order valence-electron chi connectivity index (χ1n) is 6.02. The smallest absolute Gasteiger partial charge is 0.0651 e. The molecule has 1 heterocycles. The number of rotatable bonds is 4. The van der Waals surface area contributed by atoms with Gasteiger partial charge >= 0.3 is 0 Å². The Kier molecular flexibility index (Phi) is 3.47. The van der Waals surface area contributed by atoms with Crippen molar-refractivity contribution in [3.05, 3.63) is 47.8 Å². The fraction of sp³-hybridized carbons (Fsp3) is 0.357. The first kappa shape index (κ1) is 11.7. The van der Waals surface area contributed by atoms with Crippen LogP contribution < -0.4 is 5.32 Å². The van der Waals surface area contributed by atoms with Crippen LogP contribution in [0.1, 0.15) is 44.0 Å². The van der Waals surface area contributed by atoms with Gasteiger partial charge in [0.25, 0.3) is 0 Å². The van der Waals surface area contributed by atoms with E-state index in [4.69, 9.17) is 0 Å². The Balaban J connectivity index is 2.11. The molecule has 1 atom stereocenters. The summed E-state index contributed by atoms with van der Waals surface area (Å²) in [4.78, 5) is 0. The van der Waals surface area contributed by atoms with Gasteiger partial charge in [-0.25, -0.2) is 0 Å². The molecule has 3 nitrogen and oxygen atoms in total. The lowest BCUT2D eigenvalue weighted by molar-refractivity contribution is 0.822. The third-order valence-electron chi connectivity index (χ3n) is 2.93. The molecule has 17 heavy (non-hydrogen) atoms. The second kappa shape index (κ2) is 5.04. The summed E-state index contributed by atoms with van der Waals surface area (Å²) in [6.45, 7) is 6.53. The summed E-state index contributed by atoms with van der Waals surface area (Å²) in [7, 11) is 0. The molecule has 0 aliphatic carbocycles. The summed E-state index contributed by atoms with van der Waals surface area (Å²) in [6, 6.07) is 10.8. The molecule has 1 aromatic heterocycles. The lowest BCUT2D eigenvalue weighted by atomic mass is 10.0. The van der Waals surface area contributed by atoms with Gasteiger partial charge in [0.05, 0.1) is 11.7 Å². The van der Waals surface area contributed by atoms with E-state index >= 15 is 0 Å². The molecule has 2 aromatic rings. The van der Waals surface area contributed by atoms with Gasteiger partial charge in [0, 0.05) is 11.9 Å². The number of nitrogens with one attached hydrogen (secondary N) is 2. The Labute approximate surface area is 102 Å². The average Bonchev–Trinajstić information content (AvgIpc) is 2.82. The van der Waals surface area contributed by atoms with Crippen molar-refractivity contribution in [3.8, 4) is 0 Å². The Bertz CT molecular complexity index is 460. The molecule has 90 valence electrons. The molecule has 0 aliphatic heterocycles. The highest BCUT2D eigenvalue weighted by Gasteiger charge is 2.07. The zero-order valence-electron chi connectivity index (χ0n) is 10.6. The van der Waals surface area contributed by atoms with Crippen molar-refractivity contribution >= 4 is 5.69 Å². The van der Waals surface area contributed by atoms with E-state index < -0.39 is 0 Å². The largest absolute Gasteiger partial charge is 0.377 e. The highest BCUT2D eigenvalue weighted by atomic mass is 15.1. The number of aromatic nitrogens is 2. The fourth-order valence-corrected chi connectivity index (χ4v) is 1.82. The second-order valence-electron chi connectivity index (χ2n) is 4.66. The SMILES string of the molecule is CC(C)c1cccc(NC(C)c2ccn[nH]2)c1. The van der Waals surface area contributed by atoms with Gasteiger partial charge in [-0.2, -0.15) is 5.10 Å². The minimum absolute atomic E-state index is 0.236. The number of hydrogen-bond acceptors (Lipinski definition) is 2. The van der Waals surface area contributed by atoms with Crippen LogP contribution in [0.15, 0.2) is 36.5 Å². The highest BCUT2D eigenvalue weighted by molar-refractivity contribution is 5.47. The van der Waals surface area contributed by atoms with Crippen LogP contribution in [-0.2, 0) is 0 Å². The predicted molar refractivity (Wildman–Crippen MR) is 71.2 cm³/mol. The first-order chi connectivity index (χ1) is 8.16. The molecule has 3 heteroatoms. The Morgan fingerprint density at radius 3 is 2.65 bits per heavy atom. The lowest BCUT2D eigenvalue weighted by Gasteiger charge is -2.15. The summed E-state index contributed by atoms with van der Waals surface area (Å²) < 4.78 is 0. The van der Waals surface area contributed by atoms with Crippen LogP contribution in [0.25, 0.3) is 0 Å². The summed E-state index contributed by atoms with van der Waals surface area (Å²) in [5.41, 5.74) is 3.60. The molecule has 0 saturated carbocycles. The maximum atomic E-state index is 3.97. The standard InChI is InChI=1S/C14H19N3/c1-10(2)12-5-4-6-13(9-12)16-11(3)14-7-8-15-17-14/h4-11,16H,1-3H3,(H,15,17). The van der Waals surface area contributed by atoms with Crippen molar-refractivity contribution < 1.29 is 0 Å². The number of aromatic amines is 1. The van der Waals surface area contributed by atoms with Crippen LogP contribution >= 0.6 is 0 Å². The average molecular weight is 229 g/mol. The molecule has 0 bridgehead atoms. The summed E-state index contributed by atoms with van der Waals surface area (Å²) in [5.74, 6) is 0.555. The zero-order valence-corrected chi connectivity index (χ0v) is 10.6. The van der Waals surface area contributed by atoms with Crippen molar-refractivity contribution in [3.63, 3.8) is 0 Å². The summed E-state index contributed by atoms with van der Waals surface area (Å²) >= 11 is 0. The fourth-order valence-electron chi connectivity index (χ4n) is 1.82. The van der Waals surface area contributed by atoms with Crippen molar-refractivity contribution in [1.82, 2.24) is 10.2 Å². The Morgan fingerprint density at radius 1 is 1.18 bits per heavy atom. The van der Waals surface area contributed by atoms with Gasteiger partial charge < -0.3 is 5.32 Å². The molecular formula is C14H19N3. The van der Waals surface area contributed by atoms with Crippen molar-refractivity contribution in [2.45, 2.75) is 32.7 Å². The lowest BCUT2D eigenvalue weighted by Crippen LogP contribution is -2.07. The van der Waals surface area contributed by atoms with E-state index in [0.717, 1.165) is 11.4 Å². The van der Waals surface area contributed by atoms with Gasteiger partial charge in [0.15, 0.2) is 0 Å². The van der Waals surface area contributed by atoms with Gasteiger partial charge in [-0.1, -0.05) is 26.0 Å². The molecule has 0 fully saturated rings. The van der Waals surface area contributed by atoms with Gasteiger partial charge in [-0.3, -0.25) is 5.10 Å². The van der Waals surface area contributed by atoms with Gasteiger partial charge in [0.1, 0.15) is 0 Å². The van der Waals surface area contributed by atoms with E-state index in [1.165, 1.54) is 5.56 Å². The molecule has 1 unspecified atom stereocenters. The van der Waals surface area contributed by atoms with E-state index in [-0.39, 0.29) is 6.04 Å². The predicted octanol–water partition coefficient (Wildman–Crippen LogP) is 3.71. The van der Waals surface area contributed by atoms with Crippen LogP contribution in [0, 0.1) is 0 Å². The molecule has 0 aliphatic rings. The highest BCUT2D eigenvalue weighted by Crippen LogP contribution is 2.21. The molecule has 0 spiro atoms. The topological polar surface area (TPSA) is 40.7 Å². The van der Waals surface area contributed by atoms with Crippen LogP contribution in [0.3, 0.4) is 0 Å². The quantitative estimate of drug-likeness (QED) is 0.839. The van der Waals surface area contributed by atoms with E-state index in [0.29, 0.717) is 5.92 Å². The monoisotopic (exact) mass is 229 g/mol. The van der Waals surface area contributed by atoms with Crippen molar-refractivity contribution in [1.29, 1.82) is 0 Å². The van der Waals surface area contributed by atoms with Crippen LogP contribution in [-0.4, -0.2) is 10.2 Å². The molecule has 0 radical (unpaired) electrons. The van der Waals surface area contributed by atoms with Crippen LogP contribution in [0.5, 0.6) is 0 Å². The van der Waals surface area contributed by atoms with Crippen molar-refractivity contribution in [2.24, 2.45) is 0 Å². The minimum Gasteiger partial charge on any atom is -0.377 e. The first-order valence-corrected chi connectivity index (χ1v) is 6.02. The minimum atomic E-state index is 0.236. The van der Waals surface area contributed by atoms with E-state index in [1.807, 2.05) is 6.07 Å².